The van der Waals surface area contributed by atoms with E-state index in [2.05, 4.69) is 0 Å². The van der Waals surface area contributed by atoms with Crippen molar-refractivity contribution in [3.05, 3.63) is 0 Å². The third-order valence-electron chi connectivity index (χ3n) is 2.05. The summed E-state index contributed by atoms with van der Waals surface area (Å²) in [6, 6.07) is 0. The van der Waals surface area contributed by atoms with Gasteiger partial charge in [-0.1, -0.05) is 0 Å². The minimum atomic E-state index is -0.688. The molecule has 3 heteroatoms. The molecule has 1 aliphatic heterocycles. The molecule has 0 saturated carbocycles. The first-order valence-corrected chi connectivity index (χ1v) is 3.98. The predicted molar refractivity (Wildman–Crippen MR) is 40.4 cm³/mol. The van der Waals surface area contributed by atoms with Gasteiger partial charge in [-0.3, -0.25) is 4.79 Å². The lowest BCUT2D eigenvalue weighted by Crippen LogP contribution is -2.33. The Labute approximate surface area is 66.4 Å². The molecule has 1 saturated heterocycles. The molecule has 0 radical (unpaired) electrons. The molecule has 11 heavy (non-hydrogen) atoms. The zero-order chi connectivity index (χ0) is 8.43. The average Bonchev–Trinajstić information content (AvgIpc) is 1.85. The van der Waals surface area contributed by atoms with Gasteiger partial charge < -0.3 is 9.84 Å². The van der Waals surface area contributed by atoms with Gasteiger partial charge in [-0.05, 0) is 26.7 Å². The van der Waals surface area contributed by atoms with Crippen molar-refractivity contribution in [1.29, 1.82) is 0 Å². The van der Waals surface area contributed by atoms with Gasteiger partial charge >= 0.3 is 5.97 Å². The Hall–Kier alpha value is -0.570. The highest BCUT2D eigenvalue weighted by atomic mass is 16.5. The molecule has 0 spiro atoms. The molecule has 1 rings (SSSR count). The van der Waals surface area contributed by atoms with Crippen LogP contribution in [0.3, 0.4) is 0 Å². The Morgan fingerprint density at radius 2 is 1.82 bits per heavy atom. The van der Waals surface area contributed by atoms with Gasteiger partial charge in [0.2, 0.25) is 0 Å². The van der Waals surface area contributed by atoms with Crippen molar-refractivity contribution in [2.45, 2.75) is 38.9 Å². The second-order valence-electron chi connectivity index (χ2n) is 3.26. The van der Waals surface area contributed by atoms with Gasteiger partial charge in [0.25, 0.3) is 0 Å². The largest absolute Gasteiger partial charge is 0.481 e. The maximum Gasteiger partial charge on any atom is 0.306 e. The molecule has 0 aromatic rings. The third kappa shape index (κ3) is 2.19. The molecule has 64 valence electrons. The van der Waals surface area contributed by atoms with E-state index in [0.717, 1.165) is 0 Å². The van der Waals surface area contributed by atoms with Crippen LogP contribution in [-0.4, -0.2) is 23.3 Å². The molecule has 1 fully saturated rings. The highest BCUT2D eigenvalue weighted by Gasteiger charge is 2.28. The van der Waals surface area contributed by atoms with Crippen molar-refractivity contribution in [2.75, 3.05) is 0 Å². The van der Waals surface area contributed by atoms with Crippen LogP contribution in [0.15, 0.2) is 0 Å². The van der Waals surface area contributed by atoms with Crippen molar-refractivity contribution >= 4 is 5.97 Å². The van der Waals surface area contributed by atoms with Crippen LogP contribution in [0.5, 0.6) is 0 Å². The van der Waals surface area contributed by atoms with Crippen LogP contribution in [0, 0.1) is 5.92 Å². The van der Waals surface area contributed by atoms with Gasteiger partial charge in [0.05, 0.1) is 18.1 Å². The molecule has 0 bridgehead atoms. The fourth-order valence-corrected chi connectivity index (χ4v) is 1.61. The fourth-order valence-electron chi connectivity index (χ4n) is 1.61. The van der Waals surface area contributed by atoms with Crippen LogP contribution in [0.4, 0.5) is 0 Å². The molecule has 1 heterocycles. The zero-order valence-corrected chi connectivity index (χ0v) is 6.91. The van der Waals surface area contributed by atoms with Crippen LogP contribution in [0.2, 0.25) is 0 Å². The van der Waals surface area contributed by atoms with Gasteiger partial charge in [-0.25, -0.2) is 0 Å². The molecule has 3 atom stereocenters. The standard InChI is InChI=1S/C8H14O3/c1-5-3-7(8(9)10)4-6(2)11-5/h5-7H,3-4H2,1-2H3,(H,9,10)/t5-,6?,7?/m1/s1. The quantitative estimate of drug-likeness (QED) is 0.625. The van der Waals surface area contributed by atoms with Crippen molar-refractivity contribution in [3.8, 4) is 0 Å². The van der Waals surface area contributed by atoms with Crippen molar-refractivity contribution < 1.29 is 14.6 Å². The van der Waals surface area contributed by atoms with Gasteiger partial charge in [-0.2, -0.15) is 0 Å². The number of ether oxygens (including phenoxy) is 1. The van der Waals surface area contributed by atoms with Crippen molar-refractivity contribution in [3.63, 3.8) is 0 Å². The first-order valence-electron chi connectivity index (χ1n) is 3.98. The van der Waals surface area contributed by atoms with E-state index in [1.165, 1.54) is 0 Å². The summed E-state index contributed by atoms with van der Waals surface area (Å²) in [7, 11) is 0. The number of carbonyl (C=O) groups is 1. The average molecular weight is 158 g/mol. The molecule has 2 unspecified atom stereocenters. The Balaban J connectivity index is 2.49. The molecule has 0 aromatic carbocycles. The smallest absolute Gasteiger partial charge is 0.306 e. The highest BCUT2D eigenvalue weighted by Crippen LogP contribution is 2.24. The van der Waals surface area contributed by atoms with Crippen molar-refractivity contribution in [1.82, 2.24) is 0 Å². The third-order valence-corrected chi connectivity index (χ3v) is 2.05. The molecule has 0 amide bonds. The van der Waals surface area contributed by atoms with Gasteiger partial charge in [-0.15, -0.1) is 0 Å². The lowest BCUT2D eigenvalue weighted by atomic mass is 9.93. The van der Waals surface area contributed by atoms with E-state index in [4.69, 9.17) is 9.84 Å². The summed E-state index contributed by atoms with van der Waals surface area (Å²) in [6.07, 6.45) is 1.50. The van der Waals surface area contributed by atoms with E-state index >= 15 is 0 Å². The second kappa shape index (κ2) is 3.22. The Morgan fingerprint density at radius 1 is 1.36 bits per heavy atom. The number of rotatable bonds is 1. The second-order valence-corrected chi connectivity index (χ2v) is 3.26. The van der Waals surface area contributed by atoms with Crippen LogP contribution in [-0.2, 0) is 9.53 Å². The topological polar surface area (TPSA) is 46.5 Å². The number of carboxylic acid groups (broad SMARTS) is 1. The molecule has 3 nitrogen and oxygen atoms in total. The maximum absolute atomic E-state index is 10.6. The minimum Gasteiger partial charge on any atom is -0.481 e. The summed E-state index contributed by atoms with van der Waals surface area (Å²) < 4.78 is 5.40. The SMILES string of the molecule is CC1CC(C(=O)O)C[C@@H](C)O1. The van der Waals surface area contributed by atoms with Gasteiger partial charge in [0.15, 0.2) is 0 Å². The monoisotopic (exact) mass is 158 g/mol. The lowest BCUT2D eigenvalue weighted by molar-refractivity contribution is -0.149. The van der Waals surface area contributed by atoms with Crippen LogP contribution in [0.25, 0.3) is 0 Å². The molecule has 1 aliphatic rings. The summed E-state index contributed by atoms with van der Waals surface area (Å²) >= 11 is 0. The van der Waals surface area contributed by atoms with Crippen LogP contribution < -0.4 is 0 Å². The van der Waals surface area contributed by atoms with Crippen molar-refractivity contribution in [2.24, 2.45) is 5.92 Å². The van der Waals surface area contributed by atoms with E-state index in [-0.39, 0.29) is 18.1 Å². The highest BCUT2D eigenvalue weighted by molar-refractivity contribution is 5.70. The maximum atomic E-state index is 10.6. The number of hydrogen-bond donors (Lipinski definition) is 1. The predicted octanol–water partition coefficient (Wildman–Crippen LogP) is 1.27. The van der Waals surface area contributed by atoms with E-state index < -0.39 is 5.97 Å². The lowest BCUT2D eigenvalue weighted by Gasteiger charge is -2.29. The number of hydrogen-bond acceptors (Lipinski definition) is 2. The van der Waals surface area contributed by atoms with E-state index in [1.807, 2.05) is 13.8 Å². The Morgan fingerprint density at radius 3 is 2.18 bits per heavy atom. The minimum absolute atomic E-state index is 0.0971. The molecule has 0 aliphatic carbocycles. The fraction of sp³-hybridized carbons (Fsp3) is 0.875. The van der Waals surface area contributed by atoms with Crippen LogP contribution >= 0.6 is 0 Å². The summed E-state index contributed by atoms with van der Waals surface area (Å²) in [6.45, 7) is 3.84. The van der Waals surface area contributed by atoms with Crippen LogP contribution in [0.1, 0.15) is 26.7 Å². The molecular weight excluding hydrogens is 144 g/mol. The summed E-state index contributed by atoms with van der Waals surface area (Å²) in [5, 5.41) is 8.72. The van der Waals surface area contributed by atoms with E-state index in [1.54, 1.807) is 0 Å². The summed E-state index contributed by atoms with van der Waals surface area (Å²) in [5.41, 5.74) is 0. The first-order chi connectivity index (χ1) is 5.09. The molecular formula is C8H14O3. The normalized spacial score (nSPS) is 38.5. The van der Waals surface area contributed by atoms with Gasteiger partial charge in [0, 0.05) is 0 Å². The number of aliphatic carboxylic acids is 1. The molecule has 1 N–H and O–H groups in total. The van der Waals surface area contributed by atoms with E-state index in [0.29, 0.717) is 12.8 Å². The zero-order valence-electron chi connectivity index (χ0n) is 6.91. The van der Waals surface area contributed by atoms with E-state index in [9.17, 15) is 4.79 Å². The number of carboxylic acids is 1. The summed E-state index contributed by atoms with van der Waals surface area (Å²) in [4.78, 5) is 10.6. The first kappa shape index (κ1) is 8.53. The van der Waals surface area contributed by atoms with Gasteiger partial charge in [0.1, 0.15) is 0 Å². The summed E-state index contributed by atoms with van der Waals surface area (Å²) in [5.74, 6) is -0.888. The Kier molecular flexibility index (Phi) is 2.49. The Bertz CT molecular complexity index is 145. The molecule has 0 aromatic heterocycles.